The van der Waals surface area contributed by atoms with E-state index < -0.39 is 0 Å². The van der Waals surface area contributed by atoms with Crippen molar-refractivity contribution in [3.63, 3.8) is 0 Å². The van der Waals surface area contributed by atoms with Gasteiger partial charge in [-0.05, 0) is 56.6 Å². The highest BCUT2D eigenvalue weighted by molar-refractivity contribution is 5.46. The minimum absolute atomic E-state index is 0.604. The highest BCUT2D eigenvalue weighted by atomic mass is 15.1. The Morgan fingerprint density at radius 3 is 2.94 bits per heavy atom. The maximum atomic E-state index is 3.63. The van der Waals surface area contributed by atoms with E-state index in [9.17, 15) is 0 Å². The molecule has 98 valence electrons. The van der Waals surface area contributed by atoms with Gasteiger partial charge in [-0.15, -0.1) is 0 Å². The summed E-state index contributed by atoms with van der Waals surface area (Å²) in [5, 5.41) is 7.02. The maximum Gasteiger partial charge on any atom is 0.0398 e. The molecule has 3 heteroatoms. The van der Waals surface area contributed by atoms with Gasteiger partial charge in [0.05, 0.1) is 0 Å². The molecule has 3 rings (SSSR count). The minimum Gasteiger partial charge on any atom is -0.381 e. The molecule has 3 nitrogen and oxygen atoms in total. The fourth-order valence-corrected chi connectivity index (χ4v) is 2.97. The minimum atomic E-state index is 0.604. The van der Waals surface area contributed by atoms with Crippen LogP contribution >= 0.6 is 0 Å². The van der Waals surface area contributed by atoms with Crippen molar-refractivity contribution in [2.45, 2.75) is 31.8 Å². The Kier molecular flexibility index (Phi) is 3.81. The van der Waals surface area contributed by atoms with Crippen molar-refractivity contribution in [3.05, 3.63) is 29.8 Å². The summed E-state index contributed by atoms with van der Waals surface area (Å²) >= 11 is 0. The number of hydrogen-bond donors (Lipinski definition) is 2. The second-order valence-electron chi connectivity index (χ2n) is 5.52. The van der Waals surface area contributed by atoms with Gasteiger partial charge in [-0.2, -0.15) is 0 Å². The third-order valence-electron chi connectivity index (χ3n) is 3.96. The zero-order chi connectivity index (χ0) is 12.2. The molecule has 1 aromatic carbocycles. The Labute approximate surface area is 110 Å². The van der Waals surface area contributed by atoms with Gasteiger partial charge in [-0.25, -0.2) is 0 Å². The van der Waals surface area contributed by atoms with Crippen LogP contribution in [0.25, 0.3) is 0 Å². The first-order valence-corrected chi connectivity index (χ1v) is 7.19. The molecule has 0 aromatic heterocycles. The summed E-state index contributed by atoms with van der Waals surface area (Å²) in [4.78, 5) is 2.55. The second-order valence-corrected chi connectivity index (χ2v) is 5.52. The molecule has 2 heterocycles. The van der Waals surface area contributed by atoms with Gasteiger partial charge in [-0.3, -0.25) is 4.90 Å². The molecule has 0 spiro atoms. The van der Waals surface area contributed by atoms with Crippen LogP contribution in [-0.4, -0.2) is 37.1 Å². The van der Waals surface area contributed by atoms with Crippen molar-refractivity contribution in [1.29, 1.82) is 0 Å². The van der Waals surface area contributed by atoms with Gasteiger partial charge < -0.3 is 10.6 Å². The molecular weight excluding hydrogens is 222 g/mol. The molecule has 2 aliphatic rings. The number of anilines is 1. The van der Waals surface area contributed by atoms with Crippen LogP contribution in [0.3, 0.4) is 0 Å². The highest BCUT2D eigenvalue weighted by Crippen LogP contribution is 2.17. The fraction of sp³-hybridized carbons (Fsp3) is 0.600. The van der Waals surface area contributed by atoms with Gasteiger partial charge in [0.25, 0.3) is 0 Å². The quantitative estimate of drug-likeness (QED) is 0.850. The van der Waals surface area contributed by atoms with Crippen LogP contribution < -0.4 is 10.6 Å². The number of likely N-dealkylation sites (tertiary alicyclic amines) is 1. The van der Waals surface area contributed by atoms with Crippen LogP contribution in [0.5, 0.6) is 0 Å². The molecule has 2 saturated heterocycles. The molecule has 2 N–H and O–H groups in total. The molecule has 0 aliphatic carbocycles. The van der Waals surface area contributed by atoms with Crippen LogP contribution in [0.1, 0.15) is 24.8 Å². The summed E-state index contributed by atoms with van der Waals surface area (Å²) in [6, 6.07) is 9.53. The monoisotopic (exact) mass is 245 g/mol. The molecule has 2 aliphatic heterocycles. The standard InChI is InChI=1S/C15H23N3/c1-2-9-18(8-1)12-13-4-3-5-14(10-13)17-15-6-7-16-11-15/h3-5,10,15-17H,1-2,6-9,11-12H2. The number of nitrogens with one attached hydrogen (secondary N) is 2. The average Bonchev–Trinajstić information content (AvgIpc) is 3.03. The van der Waals surface area contributed by atoms with E-state index in [0.29, 0.717) is 6.04 Å². The zero-order valence-corrected chi connectivity index (χ0v) is 11.0. The van der Waals surface area contributed by atoms with Crippen LogP contribution in [-0.2, 0) is 6.54 Å². The van der Waals surface area contributed by atoms with Crippen molar-refractivity contribution in [2.24, 2.45) is 0 Å². The molecule has 1 aromatic rings. The molecule has 1 atom stereocenters. The summed E-state index contributed by atoms with van der Waals surface area (Å²) < 4.78 is 0. The molecular formula is C15H23N3. The van der Waals surface area contributed by atoms with Crippen LogP contribution in [0.2, 0.25) is 0 Å². The lowest BCUT2D eigenvalue weighted by Gasteiger charge is -2.17. The van der Waals surface area contributed by atoms with Gasteiger partial charge in [0.2, 0.25) is 0 Å². The largest absolute Gasteiger partial charge is 0.381 e. The summed E-state index contributed by atoms with van der Waals surface area (Å²) in [6.45, 7) is 5.88. The Morgan fingerprint density at radius 2 is 2.17 bits per heavy atom. The van der Waals surface area contributed by atoms with Gasteiger partial charge in [0, 0.05) is 24.8 Å². The molecule has 0 saturated carbocycles. The summed E-state index contributed by atoms with van der Waals surface area (Å²) in [7, 11) is 0. The molecule has 0 amide bonds. The predicted molar refractivity (Wildman–Crippen MR) is 75.9 cm³/mol. The van der Waals surface area contributed by atoms with Gasteiger partial charge in [0.15, 0.2) is 0 Å². The predicted octanol–water partition coefficient (Wildman–Crippen LogP) is 2.06. The van der Waals surface area contributed by atoms with E-state index >= 15 is 0 Å². The van der Waals surface area contributed by atoms with E-state index in [1.807, 2.05) is 0 Å². The molecule has 18 heavy (non-hydrogen) atoms. The maximum absolute atomic E-state index is 3.63. The van der Waals surface area contributed by atoms with E-state index in [4.69, 9.17) is 0 Å². The number of rotatable bonds is 4. The lowest BCUT2D eigenvalue weighted by atomic mass is 10.1. The van der Waals surface area contributed by atoms with E-state index in [1.165, 1.54) is 43.6 Å². The van der Waals surface area contributed by atoms with Crippen molar-refractivity contribution in [2.75, 3.05) is 31.5 Å². The number of benzene rings is 1. The van der Waals surface area contributed by atoms with Crippen molar-refractivity contribution >= 4 is 5.69 Å². The summed E-state index contributed by atoms with van der Waals surface area (Å²) in [6.07, 6.45) is 3.97. The highest BCUT2D eigenvalue weighted by Gasteiger charge is 2.14. The van der Waals surface area contributed by atoms with Gasteiger partial charge in [0.1, 0.15) is 0 Å². The summed E-state index contributed by atoms with van der Waals surface area (Å²) in [5.41, 5.74) is 2.72. The summed E-state index contributed by atoms with van der Waals surface area (Å²) in [5.74, 6) is 0. The van der Waals surface area contributed by atoms with E-state index in [-0.39, 0.29) is 0 Å². The third-order valence-corrected chi connectivity index (χ3v) is 3.96. The Bertz CT molecular complexity index is 346. The van der Waals surface area contributed by atoms with Gasteiger partial charge in [-0.1, -0.05) is 12.1 Å². The first-order chi connectivity index (χ1) is 8.90. The van der Waals surface area contributed by atoms with Crippen molar-refractivity contribution < 1.29 is 0 Å². The van der Waals surface area contributed by atoms with Crippen LogP contribution in [0.4, 0.5) is 5.69 Å². The van der Waals surface area contributed by atoms with Crippen LogP contribution in [0, 0.1) is 0 Å². The van der Waals surface area contributed by atoms with Crippen LogP contribution in [0.15, 0.2) is 24.3 Å². The van der Waals surface area contributed by atoms with E-state index in [1.54, 1.807) is 0 Å². The second kappa shape index (κ2) is 5.72. The number of nitrogens with zero attached hydrogens (tertiary/aromatic N) is 1. The topological polar surface area (TPSA) is 27.3 Å². The van der Waals surface area contributed by atoms with Crippen molar-refractivity contribution in [3.8, 4) is 0 Å². The molecule has 1 unspecified atom stereocenters. The third kappa shape index (κ3) is 3.03. The first kappa shape index (κ1) is 12.0. The lowest BCUT2D eigenvalue weighted by Crippen LogP contribution is -2.22. The Morgan fingerprint density at radius 1 is 1.28 bits per heavy atom. The Hall–Kier alpha value is -1.06. The SMILES string of the molecule is c1cc(CN2CCCC2)cc(NC2CCNC2)c1. The fourth-order valence-electron chi connectivity index (χ4n) is 2.97. The van der Waals surface area contributed by atoms with Gasteiger partial charge >= 0.3 is 0 Å². The molecule has 0 bridgehead atoms. The molecule has 0 radical (unpaired) electrons. The first-order valence-electron chi connectivity index (χ1n) is 7.19. The normalized spacial score (nSPS) is 24.6. The smallest absolute Gasteiger partial charge is 0.0398 e. The van der Waals surface area contributed by atoms with Crippen molar-refractivity contribution in [1.82, 2.24) is 10.2 Å². The lowest BCUT2D eigenvalue weighted by molar-refractivity contribution is 0.331. The number of hydrogen-bond acceptors (Lipinski definition) is 3. The molecule has 2 fully saturated rings. The Balaban J connectivity index is 1.60. The van der Waals surface area contributed by atoms with E-state index in [2.05, 4.69) is 39.8 Å². The van der Waals surface area contributed by atoms with E-state index in [0.717, 1.165) is 19.6 Å². The average molecular weight is 245 g/mol. The zero-order valence-electron chi connectivity index (χ0n) is 11.0.